The summed E-state index contributed by atoms with van der Waals surface area (Å²) in [6.07, 6.45) is 6.58. The van der Waals surface area contributed by atoms with Crippen molar-refractivity contribution in [2.45, 2.75) is 58.9 Å². The first kappa shape index (κ1) is 13.4. The van der Waals surface area contributed by atoms with Crippen LogP contribution in [-0.4, -0.2) is 35.7 Å². The van der Waals surface area contributed by atoms with E-state index in [2.05, 4.69) is 25.7 Å². The lowest BCUT2D eigenvalue weighted by atomic mass is 9.70. The van der Waals surface area contributed by atoms with Gasteiger partial charge < -0.3 is 5.11 Å². The van der Waals surface area contributed by atoms with Crippen LogP contribution in [0.5, 0.6) is 0 Å². The van der Waals surface area contributed by atoms with E-state index in [4.69, 9.17) is 0 Å². The second kappa shape index (κ2) is 5.27. The molecule has 100 valence electrons. The minimum absolute atomic E-state index is 0.377. The average Bonchev–Trinajstić information content (AvgIpc) is 2.26. The zero-order chi connectivity index (χ0) is 12.5. The van der Waals surface area contributed by atoms with Gasteiger partial charge in [0, 0.05) is 19.2 Å². The number of aliphatic hydroxyl groups excluding tert-OH is 1. The standard InChI is InChI=1S/C15H29NO/c1-12-7-14(9-15(2,3)8-12)16-6-4-5-13(10-16)11-17/h12-14,17H,4-11H2,1-3H3/t12-,13-,14-/m1/s1. The molecule has 1 N–H and O–H groups in total. The maximum atomic E-state index is 9.34. The summed E-state index contributed by atoms with van der Waals surface area (Å²) in [5.41, 5.74) is 0.508. The molecule has 0 bridgehead atoms. The van der Waals surface area contributed by atoms with Crippen molar-refractivity contribution in [1.29, 1.82) is 0 Å². The predicted molar refractivity (Wildman–Crippen MR) is 72.0 cm³/mol. The van der Waals surface area contributed by atoms with Gasteiger partial charge in [-0.05, 0) is 55.9 Å². The van der Waals surface area contributed by atoms with Crippen LogP contribution in [0, 0.1) is 17.3 Å². The fraction of sp³-hybridized carbons (Fsp3) is 1.00. The molecule has 1 saturated carbocycles. The van der Waals surface area contributed by atoms with Gasteiger partial charge >= 0.3 is 0 Å². The maximum absolute atomic E-state index is 9.34. The molecule has 0 aromatic carbocycles. The van der Waals surface area contributed by atoms with Crippen molar-refractivity contribution in [2.24, 2.45) is 17.3 Å². The van der Waals surface area contributed by atoms with E-state index >= 15 is 0 Å². The van der Waals surface area contributed by atoms with Crippen molar-refractivity contribution >= 4 is 0 Å². The topological polar surface area (TPSA) is 23.5 Å². The van der Waals surface area contributed by atoms with Gasteiger partial charge in [0.2, 0.25) is 0 Å². The largest absolute Gasteiger partial charge is 0.396 e. The van der Waals surface area contributed by atoms with Crippen molar-refractivity contribution in [3.05, 3.63) is 0 Å². The number of hydrogen-bond acceptors (Lipinski definition) is 2. The van der Waals surface area contributed by atoms with E-state index < -0.39 is 0 Å². The third kappa shape index (κ3) is 3.45. The van der Waals surface area contributed by atoms with Gasteiger partial charge in [0.25, 0.3) is 0 Å². The Morgan fingerprint density at radius 2 is 2.06 bits per heavy atom. The maximum Gasteiger partial charge on any atom is 0.0471 e. The predicted octanol–water partition coefficient (Wildman–Crippen LogP) is 2.91. The van der Waals surface area contributed by atoms with Crippen molar-refractivity contribution in [3.63, 3.8) is 0 Å². The van der Waals surface area contributed by atoms with Crippen LogP contribution in [0.25, 0.3) is 0 Å². The summed E-state index contributed by atoms with van der Waals surface area (Å²) in [5, 5.41) is 9.34. The van der Waals surface area contributed by atoms with Crippen molar-refractivity contribution < 1.29 is 5.11 Å². The molecule has 0 spiro atoms. The third-order valence-electron chi connectivity index (χ3n) is 4.69. The Morgan fingerprint density at radius 3 is 2.71 bits per heavy atom. The fourth-order valence-corrected chi connectivity index (χ4v) is 4.15. The Hall–Kier alpha value is -0.0800. The number of rotatable bonds is 2. The molecule has 0 radical (unpaired) electrons. The van der Waals surface area contributed by atoms with Crippen LogP contribution in [0.15, 0.2) is 0 Å². The molecular weight excluding hydrogens is 210 g/mol. The first-order valence-corrected chi connectivity index (χ1v) is 7.35. The smallest absolute Gasteiger partial charge is 0.0471 e. The molecule has 2 heteroatoms. The van der Waals surface area contributed by atoms with Gasteiger partial charge in [-0.1, -0.05) is 20.8 Å². The van der Waals surface area contributed by atoms with E-state index in [-0.39, 0.29) is 0 Å². The third-order valence-corrected chi connectivity index (χ3v) is 4.69. The van der Waals surface area contributed by atoms with Crippen LogP contribution >= 0.6 is 0 Å². The number of hydrogen-bond donors (Lipinski definition) is 1. The summed E-state index contributed by atoms with van der Waals surface area (Å²) in [4.78, 5) is 2.67. The fourth-order valence-electron chi connectivity index (χ4n) is 4.15. The summed E-state index contributed by atoms with van der Waals surface area (Å²) < 4.78 is 0. The van der Waals surface area contributed by atoms with Crippen LogP contribution in [0.1, 0.15) is 52.9 Å². The summed E-state index contributed by atoms with van der Waals surface area (Å²) in [6.45, 7) is 10.0. The van der Waals surface area contributed by atoms with Crippen LogP contribution in [0.2, 0.25) is 0 Å². The van der Waals surface area contributed by atoms with E-state index in [9.17, 15) is 5.11 Å². The summed E-state index contributed by atoms with van der Waals surface area (Å²) >= 11 is 0. The number of likely N-dealkylation sites (tertiary alicyclic amines) is 1. The van der Waals surface area contributed by atoms with Gasteiger partial charge in [0.05, 0.1) is 0 Å². The molecule has 0 unspecified atom stereocenters. The first-order chi connectivity index (χ1) is 8.00. The Labute approximate surface area is 106 Å². The molecular formula is C15H29NO. The molecule has 3 atom stereocenters. The van der Waals surface area contributed by atoms with Crippen molar-refractivity contribution in [3.8, 4) is 0 Å². The molecule has 0 amide bonds. The van der Waals surface area contributed by atoms with Crippen LogP contribution in [0.3, 0.4) is 0 Å². The van der Waals surface area contributed by atoms with Gasteiger partial charge in [-0.15, -0.1) is 0 Å². The minimum atomic E-state index is 0.377. The zero-order valence-corrected chi connectivity index (χ0v) is 11.8. The Morgan fingerprint density at radius 1 is 1.29 bits per heavy atom. The van der Waals surface area contributed by atoms with Crippen LogP contribution in [-0.2, 0) is 0 Å². The highest BCUT2D eigenvalue weighted by Gasteiger charge is 2.36. The molecule has 1 aliphatic heterocycles. The highest BCUT2D eigenvalue weighted by Crippen LogP contribution is 2.41. The molecule has 1 heterocycles. The lowest BCUT2D eigenvalue weighted by molar-refractivity contribution is 0.0281. The SMILES string of the molecule is C[C@@H]1C[C@@H](N2CCC[C@@H](CO)C2)CC(C)(C)C1. The molecule has 0 aromatic heterocycles. The summed E-state index contributed by atoms with van der Waals surface area (Å²) in [6, 6.07) is 0.767. The molecule has 2 aliphatic rings. The van der Waals surface area contributed by atoms with Crippen LogP contribution < -0.4 is 0 Å². The highest BCUT2D eigenvalue weighted by molar-refractivity contribution is 4.89. The number of aliphatic hydroxyl groups is 1. The Balaban J connectivity index is 1.96. The average molecular weight is 239 g/mol. The summed E-state index contributed by atoms with van der Waals surface area (Å²) in [5.74, 6) is 1.39. The normalized spacial score (nSPS) is 39.2. The van der Waals surface area contributed by atoms with Gasteiger partial charge in [0.1, 0.15) is 0 Å². The molecule has 1 aliphatic carbocycles. The van der Waals surface area contributed by atoms with Gasteiger partial charge in [-0.2, -0.15) is 0 Å². The molecule has 1 saturated heterocycles. The molecule has 2 rings (SSSR count). The second-order valence-electron chi connectivity index (χ2n) is 7.25. The molecule has 2 nitrogen and oxygen atoms in total. The quantitative estimate of drug-likeness (QED) is 0.801. The highest BCUT2D eigenvalue weighted by atomic mass is 16.3. The van der Waals surface area contributed by atoms with E-state index in [0.29, 0.717) is 17.9 Å². The van der Waals surface area contributed by atoms with E-state index in [0.717, 1.165) is 18.5 Å². The van der Waals surface area contributed by atoms with E-state index in [1.807, 2.05) is 0 Å². The Bertz CT molecular complexity index is 251. The number of piperidine rings is 1. The van der Waals surface area contributed by atoms with Gasteiger partial charge in [-0.3, -0.25) is 4.90 Å². The Kier molecular flexibility index (Phi) is 4.14. The van der Waals surface area contributed by atoms with E-state index in [1.54, 1.807) is 0 Å². The van der Waals surface area contributed by atoms with Gasteiger partial charge in [0.15, 0.2) is 0 Å². The molecule has 17 heavy (non-hydrogen) atoms. The molecule has 0 aromatic rings. The summed E-state index contributed by atoms with van der Waals surface area (Å²) in [7, 11) is 0. The van der Waals surface area contributed by atoms with E-state index in [1.165, 1.54) is 38.6 Å². The minimum Gasteiger partial charge on any atom is -0.396 e. The van der Waals surface area contributed by atoms with Crippen molar-refractivity contribution in [1.82, 2.24) is 4.90 Å². The lowest BCUT2D eigenvalue weighted by Gasteiger charge is -2.46. The first-order valence-electron chi connectivity index (χ1n) is 7.35. The van der Waals surface area contributed by atoms with Crippen molar-refractivity contribution in [2.75, 3.05) is 19.7 Å². The number of nitrogens with zero attached hydrogens (tertiary/aromatic N) is 1. The van der Waals surface area contributed by atoms with Crippen LogP contribution in [0.4, 0.5) is 0 Å². The lowest BCUT2D eigenvalue weighted by Crippen LogP contribution is -2.48. The zero-order valence-electron chi connectivity index (χ0n) is 11.8. The second-order valence-corrected chi connectivity index (χ2v) is 7.25. The molecule has 2 fully saturated rings. The monoisotopic (exact) mass is 239 g/mol. The van der Waals surface area contributed by atoms with Gasteiger partial charge in [-0.25, -0.2) is 0 Å².